The summed E-state index contributed by atoms with van der Waals surface area (Å²) in [5, 5.41) is 14.4. The first kappa shape index (κ1) is 21.5. The molecular weight excluding hydrogens is 396 g/mol. The highest BCUT2D eigenvalue weighted by atomic mass is 16.5. The monoisotopic (exact) mass is 428 g/mol. The summed E-state index contributed by atoms with van der Waals surface area (Å²) in [7, 11) is 1.62. The molecule has 4 rings (SSSR count). The molecular formula is C23H32N4O4. The fourth-order valence-electron chi connectivity index (χ4n) is 4.70. The molecule has 2 amide bonds. The van der Waals surface area contributed by atoms with E-state index in [1.807, 2.05) is 45.9 Å². The molecule has 1 saturated heterocycles. The number of carbonyl (C=O) groups excluding carboxylic acids is 2. The van der Waals surface area contributed by atoms with Crippen molar-refractivity contribution >= 4 is 17.8 Å². The number of ether oxygens (including phenoxy) is 2. The molecule has 1 aliphatic carbocycles. The average Bonchev–Trinajstić information content (AvgIpc) is 3.42. The molecule has 1 aromatic rings. The largest absolute Gasteiger partial charge is 0.496 e. The van der Waals surface area contributed by atoms with Crippen molar-refractivity contribution in [2.24, 2.45) is 11.8 Å². The van der Waals surface area contributed by atoms with Gasteiger partial charge in [-0.05, 0) is 52.2 Å². The van der Waals surface area contributed by atoms with Gasteiger partial charge in [0, 0.05) is 30.8 Å². The van der Waals surface area contributed by atoms with E-state index < -0.39 is 11.1 Å². The van der Waals surface area contributed by atoms with Crippen molar-refractivity contribution in [1.82, 2.24) is 15.5 Å². The number of guanidine groups is 1. The Bertz CT molecular complexity index is 906. The number of hydrogen-bond donors (Lipinski definition) is 3. The molecule has 2 fully saturated rings. The Morgan fingerprint density at radius 3 is 2.77 bits per heavy atom. The third-order valence-electron chi connectivity index (χ3n) is 6.29. The minimum Gasteiger partial charge on any atom is -0.496 e. The van der Waals surface area contributed by atoms with E-state index in [0.717, 1.165) is 17.7 Å². The zero-order chi connectivity index (χ0) is 22.6. The van der Waals surface area contributed by atoms with Crippen LogP contribution in [-0.4, -0.2) is 47.5 Å². The number of amides is 2. The number of nitrogens with zero attached hydrogens (tertiary/aromatic N) is 1. The molecule has 3 aliphatic rings. The topological polar surface area (TPSA) is 104 Å². The zero-order valence-electron chi connectivity index (χ0n) is 18.9. The lowest BCUT2D eigenvalue weighted by atomic mass is 9.89. The van der Waals surface area contributed by atoms with E-state index in [-0.39, 0.29) is 35.7 Å². The molecule has 0 unspecified atom stereocenters. The second-order valence-corrected chi connectivity index (χ2v) is 10.1. The van der Waals surface area contributed by atoms with Crippen LogP contribution in [0.15, 0.2) is 18.2 Å². The van der Waals surface area contributed by atoms with Crippen LogP contribution < -0.4 is 20.1 Å². The first-order valence-electron chi connectivity index (χ1n) is 10.8. The third-order valence-corrected chi connectivity index (χ3v) is 6.29. The number of benzene rings is 1. The second kappa shape index (κ2) is 7.43. The molecule has 0 aromatic heterocycles. The van der Waals surface area contributed by atoms with Gasteiger partial charge in [0.05, 0.1) is 18.7 Å². The Morgan fingerprint density at radius 2 is 2.10 bits per heavy atom. The number of fused-ring (bicyclic) bond motifs is 1. The van der Waals surface area contributed by atoms with Gasteiger partial charge in [-0.15, -0.1) is 0 Å². The van der Waals surface area contributed by atoms with E-state index in [4.69, 9.17) is 14.9 Å². The van der Waals surface area contributed by atoms with Gasteiger partial charge in [0.2, 0.25) is 11.8 Å². The van der Waals surface area contributed by atoms with Crippen molar-refractivity contribution in [3.63, 3.8) is 0 Å². The first-order valence-corrected chi connectivity index (χ1v) is 10.8. The highest BCUT2D eigenvalue weighted by molar-refractivity contribution is 5.99. The molecule has 0 bridgehead atoms. The quantitative estimate of drug-likeness (QED) is 0.669. The van der Waals surface area contributed by atoms with Crippen molar-refractivity contribution in [2.45, 2.75) is 64.1 Å². The fraction of sp³-hybridized carbons (Fsp3) is 0.609. The maximum absolute atomic E-state index is 13.0. The Morgan fingerprint density at radius 1 is 1.35 bits per heavy atom. The zero-order valence-corrected chi connectivity index (χ0v) is 18.9. The summed E-state index contributed by atoms with van der Waals surface area (Å²) >= 11 is 0. The van der Waals surface area contributed by atoms with E-state index >= 15 is 0 Å². The molecule has 31 heavy (non-hydrogen) atoms. The summed E-state index contributed by atoms with van der Waals surface area (Å²) in [6, 6.07) is 5.46. The molecule has 168 valence electrons. The fourth-order valence-corrected chi connectivity index (χ4v) is 4.70. The molecule has 1 saturated carbocycles. The van der Waals surface area contributed by atoms with E-state index in [1.54, 1.807) is 7.11 Å². The predicted molar refractivity (Wildman–Crippen MR) is 116 cm³/mol. The highest BCUT2D eigenvalue weighted by Gasteiger charge is 2.48. The number of rotatable bonds is 5. The Labute approximate surface area is 183 Å². The highest BCUT2D eigenvalue weighted by Crippen LogP contribution is 2.46. The number of hydrogen-bond acceptors (Lipinski definition) is 5. The van der Waals surface area contributed by atoms with Gasteiger partial charge < -0.3 is 20.1 Å². The van der Waals surface area contributed by atoms with Crippen LogP contribution in [0.1, 0.15) is 58.6 Å². The number of nitrogens with one attached hydrogen (secondary N) is 3. The van der Waals surface area contributed by atoms with Crippen LogP contribution in [-0.2, 0) is 9.59 Å². The summed E-state index contributed by atoms with van der Waals surface area (Å²) in [4.78, 5) is 27.0. The van der Waals surface area contributed by atoms with E-state index in [2.05, 4.69) is 10.6 Å². The van der Waals surface area contributed by atoms with Gasteiger partial charge in [-0.25, -0.2) is 0 Å². The molecule has 0 radical (unpaired) electrons. The Balaban J connectivity index is 1.42. The van der Waals surface area contributed by atoms with Gasteiger partial charge >= 0.3 is 0 Å². The maximum atomic E-state index is 13.0. The van der Waals surface area contributed by atoms with Crippen LogP contribution >= 0.6 is 0 Å². The second-order valence-electron chi connectivity index (χ2n) is 10.1. The van der Waals surface area contributed by atoms with Crippen LogP contribution in [0.25, 0.3) is 0 Å². The Hall–Kier alpha value is -2.77. The van der Waals surface area contributed by atoms with Crippen LogP contribution in [0.2, 0.25) is 0 Å². The third kappa shape index (κ3) is 4.34. The average molecular weight is 429 g/mol. The molecule has 3 atom stereocenters. The minimum absolute atomic E-state index is 0.0196. The number of carbonyl (C=O) groups is 2. The van der Waals surface area contributed by atoms with Crippen LogP contribution in [0.5, 0.6) is 11.5 Å². The minimum atomic E-state index is -0.409. The van der Waals surface area contributed by atoms with Gasteiger partial charge in [-0.1, -0.05) is 6.07 Å². The lowest BCUT2D eigenvalue weighted by Crippen LogP contribution is -2.60. The lowest BCUT2D eigenvalue weighted by molar-refractivity contribution is -0.131. The van der Waals surface area contributed by atoms with Crippen LogP contribution in [0.4, 0.5) is 0 Å². The lowest BCUT2D eigenvalue weighted by Gasteiger charge is -2.39. The Kier molecular flexibility index (Phi) is 5.14. The van der Waals surface area contributed by atoms with Crippen molar-refractivity contribution in [2.75, 3.05) is 13.7 Å². The summed E-state index contributed by atoms with van der Waals surface area (Å²) in [5.74, 6) is 1.38. The van der Waals surface area contributed by atoms with Gasteiger partial charge in [-0.2, -0.15) is 0 Å². The predicted octanol–water partition coefficient (Wildman–Crippen LogP) is 2.58. The normalized spacial score (nSPS) is 28.2. The smallest absolute Gasteiger partial charge is 0.231 e. The van der Waals surface area contributed by atoms with E-state index in [9.17, 15) is 9.59 Å². The van der Waals surface area contributed by atoms with Gasteiger partial charge in [0.1, 0.15) is 17.1 Å². The van der Waals surface area contributed by atoms with Crippen molar-refractivity contribution in [3.05, 3.63) is 23.8 Å². The SMILES string of the molecule is COc1cccc2c1[C@@H](NC(=O)[C@@H]1C[C@H]1CN1C(=N)NC(C)(C)CC1=O)CC(C)(C)O2. The van der Waals surface area contributed by atoms with Gasteiger partial charge in [0.25, 0.3) is 0 Å². The van der Waals surface area contributed by atoms with E-state index in [0.29, 0.717) is 25.1 Å². The molecule has 2 heterocycles. The molecule has 2 aliphatic heterocycles. The summed E-state index contributed by atoms with van der Waals surface area (Å²) in [6.45, 7) is 8.24. The van der Waals surface area contributed by atoms with Crippen LogP contribution in [0, 0.1) is 17.2 Å². The first-order chi connectivity index (χ1) is 14.5. The molecule has 8 nitrogen and oxygen atoms in total. The summed E-state index contributed by atoms with van der Waals surface area (Å²) < 4.78 is 11.6. The summed E-state index contributed by atoms with van der Waals surface area (Å²) in [5.41, 5.74) is 0.0516. The van der Waals surface area contributed by atoms with Crippen molar-refractivity contribution in [1.29, 1.82) is 5.41 Å². The van der Waals surface area contributed by atoms with Gasteiger partial charge in [-0.3, -0.25) is 19.9 Å². The standard InChI is InChI=1S/C23H32N4O4/c1-22(2)11-18(28)27(21(24)26-22)12-13-9-14(13)20(29)25-15-10-23(3,4)31-17-8-6-7-16(30-5)19(15)17/h6-8,13-15H,9-12H2,1-5H3,(H2,24,26)(H,25,29)/t13-,14+,15-/m0/s1. The van der Waals surface area contributed by atoms with Crippen molar-refractivity contribution < 1.29 is 19.1 Å². The molecule has 1 aromatic carbocycles. The molecule has 3 N–H and O–H groups in total. The van der Waals surface area contributed by atoms with Crippen molar-refractivity contribution in [3.8, 4) is 11.5 Å². The maximum Gasteiger partial charge on any atom is 0.231 e. The van der Waals surface area contributed by atoms with Crippen LogP contribution in [0.3, 0.4) is 0 Å². The molecule has 8 heteroatoms. The molecule has 0 spiro atoms. The summed E-state index contributed by atoms with van der Waals surface area (Å²) in [6.07, 6.45) is 1.70. The van der Waals surface area contributed by atoms with E-state index in [1.165, 1.54) is 4.90 Å². The number of methoxy groups -OCH3 is 1. The van der Waals surface area contributed by atoms with Gasteiger partial charge in [0.15, 0.2) is 5.96 Å².